The molecule has 1 aromatic heterocycles. The number of rotatable bonds is 9. The summed E-state index contributed by atoms with van der Waals surface area (Å²) in [7, 11) is 2.16. The maximum Gasteiger partial charge on any atom is 0.185 e. The van der Waals surface area contributed by atoms with Gasteiger partial charge in [0.1, 0.15) is 0 Å². The van der Waals surface area contributed by atoms with Gasteiger partial charge in [0.25, 0.3) is 0 Å². The number of anilines is 1. The molecule has 0 fully saturated rings. The minimum Gasteiger partial charge on any atom is -0.351 e. The molecule has 1 unspecified atom stereocenters. The molecule has 1 heterocycles. The lowest BCUT2D eigenvalue weighted by atomic mass is 10.0. The van der Waals surface area contributed by atoms with Crippen molar-refractivity contribution in [2.45, 2.75) is 59.9 Å². The van der Waals surface area contributed by atoms with Crippen molar-refractivity contribution in [3.8, 4) is 0 Å². The fraction of sp³-hybridized carbons (Fsp3) is 0.812. The van der Waals surface area contributed by atoms with E-state index in [0.717, 1.165) is 26.1 Å². The van der Waals surface area contributed by atoms with E-state index in [1.165, 1.54) is 22.1 Å². The number of hydrogen-bond donors (Lipinski definition) is 1. The average Bonchev–Trinajstić information content (AvgIpc) is 2.81. The van der Waals surface area contributed by atoms with Gasteiger partial charge in [0, 0.05) is 25.0 Å². The number of aromatic nitrogens is 1. The highest BCUT2D eigenvalue weighted by Crippen LogP contribution is 2.32. The highest BCUT2D eigenvalue weighted by molar-refractivity contribution is 7.15. The van der Waals surface area contributed by atoms with E-state index in [1.807, 2.05) is 11.3 Å². The van der Waals surface area contributed by atoms with Crippen molar-refractivity contribution in [1.82, 2.24) is 10.3 Å². The Morgan fingerprint density at radius 1 is 1.25 bits per heavy atom. The highest BCUT2D eigenvalue weighted by Gasteiger charge is 2.18. The predicted molar refractivity (Wildman–Crippen MR) is 90.9 cm³/mol. The van der Waals surface area contributed by atoms with E-state index in [-0.39, 0.29) is 0 Å². The van der Waals surface area contributed by atoms with Crippen LogP contribution in [0.15, 0.2) is 0 Å². The molecule has 3 nitrogen and oxygen atoms in total. The zero-order chi connectivity index (χ0) is 15.1. The van der Waals surface area contributed by atoms with E-state index in [4.69, 9.17) is 4.98 Å². The topological polar surface area (TPSA) is 28.2 Å². The van der Waals surface area contributed by atoms with Crippen LogP contribution in [0.25, 0.3) is 0 Å². The van der Waals surface area contributed by atoms with Gasteiger partial charge in [0.2, 0.25) is 0 Å². The Hall–Kier alpha value is -0.610. The quantitative estimate of drug-likeness (QED) is 0.691. The molecular formula is C16H31N3S. The first-order chi connectivity index (χ1) is 9.49. The van der Waals surface area contributed by atoms with Gasteiger partial charge in [-0.1, -0.05) is 34.6 Å². The molecule has 0 saturated heterocycles. The zero-order valence-electron chi connectivity index (χ0n) is 14.0. The van der Waals surface area contributed by atoms with E-state index in [2.05, 4.69) is 51.9 Å². The molecule has 0 radical (unpaired) electrons. The zero-order valence-corrected chi connectivity index (χ0v) is 14.8. The van der Waals surface area contributed by atoms with Crippen molar-refractivity contribution in [2.24, 2.45) is 5.92 Å². The second-order valence-corrected chi connectivity index (χ2v) is 7.13. The lowest BCUT2D eigenvalue weighted by molar-refractivity contribution is 0.633. The standard InChI is InChI=1S/C16H31N3S/c1-7-9-17-10-14-15(13(5)8-2)18-16(20-14)19(6)11-12(3)4/h12-13,17H,7-11H2,1-6H3. The maximum absolute atomic E-state index is 4.92. The molecule has 1 aromatic rings. The largest absolute Gasteiger partial charge is 0.351 e. The third-order valence-electron chi connectivity index (χ3n) is 3.47. The maximum atomic E-state index is 4.92. The van der Waals surface area contributed by atoms with Crippen LogP contribution in [0, 0.1) is 5.92 Å². The Kier molecular flexibility index (Phi) is 7.52. The second-order valence-electron chi connectivity index (χ2n) is 6.07. The van der Waals surface area contributed by atoms with Gasteiger partial charge in [-0.3, -0.25) is 0 Å². The lowest BCUT2D eigenvalue weighted by Gasteiger charge is -2.17. The minimum atomic E-state index is 0.547. The van der Waals surface area contributed by atoms with Crippen LogP contribution in [0.5, 0.6) is 0 Å². The molecule has 0 bridgehead atoms. The molecule has 0 aliphatic rings. The van der Waals surface area contributed by atoms with Crippen LogP contribution in [0.4, 0.5) is 5.13 Å². The van der Waals surface area contributed by atoms with Gasteiger partial charge in [-0.2, -0.15) is 0 Å². The lowest BCUT2D eigenvalue weighted by Crippen LogP contribution is -2.22. The summed E-state index contributed by atoms with van der Waals surface area (Å²) in [4.78, 5) is 8.63. The first-order valence-electron chi connectivity index (χ1n) is 7.90. The van der Waals surface area contributed by atoms with Gasteiger partial charge < -0.3 is 10.2 Å². The molecule has 4 heteroatoms. The van der Waals surface area contributed by atoms with Crippen LogP contribution in [0.3, 0.4) is 0 Å². The molecule has 0 spiro atoms. The minimum absolute atomic E-state index is 0.547. The molecule has 20 heavy (non-hydrogen) atoms. The fourth-order valence-corrected chi connectivity index (χ4v) is 3.34. The number of nitrogens with zero attached hydrogens (tertiary/aromatic N) is 2. The molecule has 0 aromatic carbocycles. The van der Waals surface area contributed by atoms with Crippen molar-refractivity contribution in [3.63, 3.8) is 0 Å². The summed E-state index contributed by atoms with van der Waals surface area (Å²) in [5, 5.41) is 4.68. The number of hydrogen-bond acceptors (Lipinski definition) is 4. The van der Waals surface area contributed by atoms with E-state index < -0.39 is 0 Å². The SMILES string of the molecule is CCCNCc1sc(N(C)CC(C)C)nc1C(C)CC. The second kappa shape index (κ2) is 8.63. The summed E-state index contributed by atoms with van der Waals surface area (Å²) >= 11 is 1.86. The van der Waals surface area contributed by atoms with Crippen LogP contribution in [-0.2, 0) is 6.54 Å². The molecule has 1 atom stereocenters. The third-order valence-corrected chi connectivity index (χ3v) is 4.66. The molecule has 116 valence electrons. The van der Waals surface area contributed by atoms with Crippen molar-refractivity contribution < 1.29 is 0 Å². The molecule has 1 rings (SSSR count). The van der Waals surface area contributed by atoms with E-state index in [9.17, 15) is 0 Å². The number of thiazole rings is 1. The summed E-state index contributed by atoms with van der Waals surface area (Å²) in [6, 6.07) is 0. The van der Waals surface area contributed by atoms with Crippen molar-refractivity contribution >= 4 is 16.5 Å². The Morgan fingerprint density at radius 2 is 1.95 bits per heavy atom. The molecule has 0 amide bonds. The molecule has 1 N–H and O–H groups in total. The summed E-state index contributed by atoms with van der Waals surface area (Å²) in [6.45, 7) is 14.3. The van der Waals surface area contributed by atoms with Crippen LogP contribution >= 0.6 is 11.3 Å². The van der Waals surface area contributed by atoms with Crippen LogP contribution in [0.2, 0.25) is 0 Å². The summed E-state index contributed by atoms with van der Waals surface area (Å²) in [5.41, 5.74) is 1.30. The summed E-state index contributed by atoms with van der Waals surface area (Å²) in [5.74, 6) is 1.21. The van der Waals surface area contributed by atoms with Crippen LogP contribution in [-0.4, -0.2) is 25.1 Å². The van der Waals surface area contributed by atoms with E-state index in [1.54, 1.807) is 0 Å². The van der Waals surface area contributed by atoms with Gasteiger partial charge in [0.05, 0.1) is 5.69 Å². The van der Waals surface area contributed by atoms with Gasteiger partial charge >= 0.3 is 0 Å². The number of nitrogens with one attached hydrogen (secondary N) is 1. The Labute approximate surface area is 128 Å². The smallest absolute Gasteiger partial charge is 0.185 e. The van der Waals surface area contributed by atoms with Gasteiger partial charge in [-0.15, -0.1) is 11.3 Å². The molecule has 0 saturated carbocycles. The fourth-order valence-electron chi connectivity index (χ4n) is 2.22. The van der Waals surface area contributed by atoms with Crippen molar-refractivity contribution in [2.75, 3.05) is 25.0 Å². The average molecular weight is 298 g/mol. The first-order valence-corrected chi connectivity index (χ1v) is 8.72. The third kappa shape index (κ3) is 5.06. The Balaban J connectivity index is 2.86. The van der Waals surface area contributed by atoms with Gasteiger partial charge in [-0.05, 0) is 31.2 Å². The van der Waals surface area contributed by atoms with Crippen molar-refractivity contribution in [1.29, 1.82) is 0 Å². The van der Waals surface area contributed by atoms with Crippen LogP contribution < -0.4 is 10.2 Å². The van der Waals surface area contributed by atoms with E-state index in [0.29, 0.717) is 11.8 Å². The predicted octanol–water partition coefficient (Wildman–Crippen LogP) is 4.25. The highest BCUT2D eigenvalue weighted by atomic mass is 32.1. The normalized spacial score (nSPS) is 12.9. The van der Waals surface area contributed by atoms with Gasteiger partial charge in [0.15, 0.2) is 5.13 Å². The summed E-state index contributed by atoms with van der Waals surface area (Å²) < 4.78 is 0. The first kappa shape index (κ1) is 17.4. The molecular weight excluding hydrogens is 266 g/mol. The monoisotopic (exact) mass is 297 g/mol. The van der Waals surface area contributed by atoms with Gasteiger partial charge in [-0.25, -0.2) is 4.98 Å². The molecule has 0 aliphatic heterocycles. The Bertz CT molecular complexity index is 387. The van der Waals surface area contributed by atoms with Crippen LogP contribution in [0.1, 0.15) is 63.9 Å². The Morgan fingerprint density at radius 3 is 2.50 bits per heavy atom. The summed E-state index contributed by atoms with van der Waals surface area (Å²) in [6.07, 6.45) is 2.33. The molecule has 0 aliphatic carbocycles. The van der Waals surface area contributed by atoms with Crippen molar-refractivity contribution in [3.05, 3.63) is 10.6 Å². The van der Waals surface area contributed by atoms with E-state index >= 15 is 0 Å².